The van der Waals surface area contributed by atoms with Gasteiger partial charge in [0.05, 0.1) is 13.2 Å². The van der Waals surface area contributed by atoms with Crippen molar-refractivity contribution < 1.29 is 9.84 Å². The first-order chi connectivity index (χ1) is 9.14. The molecule has 0 bridgehead atoms. The van der Waals surface area contributed by atoms with E-state index in [9.17, 15) is 5.11 Å². The van der Waals surface area contributed by atoms with Gasteiger partial charge in [-0.1, -0.05) is 6.42 Å². The number of aliphatic hydroxyl groups is 1. The largest absolute Gasteiger partial charge is 0.394 e. The molecule has 0 aromatic carbocycles. The highest BCUT2D eigenvalue weighted by atomic mass is 16.5. The maximum atomic E-state index is 9.43. The Morgan fingerprint density at radius 1 is 1.32 bits per heavy atom. The van der Waals surface area contributed by atoms with Crippen molar-refractivity contribution in [1.29, 1.82) is 0 Å². The van der Waals surface area contributed by atoms with Crippen LogP contribution in [0.2, 0.25) is 0 Å². The summed E-state index contributed by atoms with van der Waals surface area (Å²) in [6.07, 6.45) is 7.12. The first-order valence-electron chi connectivity index (χ1n) is 7.80. The molecule has 0 heterocycles. The molecule has 0 aromatic rings. The molecule has 2 unspecified atom stereocenters. The van der Waals surface area contributed by atoms with E-state index in [0.717, 1.165) is 51.5 Å². The number of nitrogens with two attached hydrogens (primary N) is 1. The average Bonchev–Trinajstić information content (AvgIpc) is 3.15. The molecule has 0 saturated heterocycles. The third-order valence-electron chi connectivity index (χ3n) is 4.83. The van der Waals surface area contributed by atoms with Crippen LogP contribution in [0.4, 0.5) is 0 Å². The van der Waals surface area contributed by atoms with Gasteiger partial charge in [0, 0.05) is 18.7 Å². The fourth-order valence-electron chi connectivity index (χ4n) is 3.05. The van der Waals surface area contributed by atoms with Crippen molar-refractivity contribution in [3.63, 3.8) is 0 Å². The second-order valence-corrected chi connectivity index (χ2v) is 6.59. The summed E-state index contributed by atoms with van der Waals surface area (Å²) >= 11 is 0. The molecule has 0 radical (unpaired) electrons. The lowest BCUT2D eigenvalue weighted by Crippen LogP contribution is -2.47. The predicted octanol–water partition coefficient (Wildman–Crippen LogP) is 1.22. The van der Waals surface area contributed by atoms with E-state index in [0.29, 0.717) is 5.92 Å². The van der Waals surface area contributed by atoms with Crippen LogP contribution in [0.15, 0.2) is 0 Å². The minimum Gasteiger partial charge on any atom is -0.394 e. The SMILES string of the molecule is CN(CCOCC1CC1)CCC1CCCC1(N)CO. The van der Waals surface area contributed by atoms with Gasteiger partial charge in [0.15, 0.2) is 0 Å². The van der Waals surface area contributed by atoms with E-state index in [2.05, 4.69) is 11.9 Å². The van der Waals surface area contributed by atoms with Crippen LogP contribution >= 0.6 is 0 Å². The van der Waals surface area contributed by atoms with E-state index in [1.165, 1.54) is 19.3 Å². The monoisotopic (exact) mass is 270 g/mol. The maximum Gasteiger partial charge on any atom is 0.0613 e. The van der Waals surface area contributed by atoms with Gasteiger partial charge >= 0.3 is 0 Å². The summed E-state index contributed by atoms with van der Waals surface area (Å²) in [6, 6.07) is 0. The summed E-state index contributed by atoms with van der Waals surface area (Å²) in [6.45, 7) is 3.97. The molecular weight excluding hydrogens is 240 g/mol. The maximum absolute atomic E-state index is 9.43. The second kappa shape index (κ2) is 7.02. The summed E-state index contributed by atoms with van der Waals surface area (Å²) in [5.41, 5.74) is 5.94. The minimum absolute atomic E-state index is 0.131. The van der Waals surface area contributed by atoms with Crippen LogP contribution in [-0.2, 0) is 4.74 Å². The number of nitrogens with zero attached hydrogens (tertiary/aromatic N) is 1. The van der Waals surface area contributed by atoms with Crippen LogP contribution < -0.4 is 5.73 Å². The van der Waals surface area contributed by atoms with Gasteiger partial charge in [0.2, 0.25) is 0 Å². The van der Waals surface area contributed by atoms with Crippen molar-refractivity contribution in [3.8, 4) is 0 Å². The molecule has 0 aliphatic heterocycles. The summed E-state index contributed by atoms with van der Waals surface area (Å²) in [4.78, 5) is 2.32. The molecule has 2 saturated carbocycles. The van der Waals surface area contributed by atoms with Gasteiger partial charge in [-0.3, -0.25) is 0 Å². The number of aliphatic hydroxyl groups excluding tert-OH is 1. The summed E-state index contributed by atoms with van der Waals surface area (Å²) in [7, 11) is 2.15. The van der Waals surface area contributed by atoms with Crippen molar-refractivity contribution in [2.45, 2.75) is 44.1 Å². The van der Waals surface area contributed by atoms with Crippen LogP contribution in [-0.4, -0.2) is 55.5 Å². The first kappa shape index (κ1) is 15.2. The highest BCUT2D eigenvalue weighted by Gasteiger charge is 2.38. The van der Waals surface area contributed by atoms with Gasteiger partial charge in [-0.15, -0.1) is 0 Å². The molecular formula is C15H30N2O2. The standard InChI is InChI=1S/C15H30N2O2/c1-17(9-10-19-11-13-4-5-13)8-6-14-3-2-7-15(14,16)12-18/h13-14,18H,2-12,16H2,1H3. The van der Waals surface area contributed by atoms with Crippen molar-refractivity contribution in [3.05, 3.63) is 0 Å². The lowest BCUT2D eigenvalue weighted by molar-refractivity contribution is 0.0980. The Kier molecular flexibility index (Phi) is 5.63. The molecule has 2 aliphatic rings. The Morgan fingerprint density at radius 3 is 2.79 bits per heavy atom. The molecule has 2 aliphatic carbocycles. The average molecular weight is 270 g/mol. The molecule has 0 amide bonds. The third kappa shape index (κ3) is 4.71. The van der Waals surface area contributed by atoms with Crippen LogP contribution in [0.1, 0.15) is 38.5 Å². The van der Waals surface area contributed by atoms with Gasteiger partial charge in [-0.2, -0.15) is 0 Å². The van der Waals surface area contributed by atoms with Crippen molar-refractivity contribution in [2.75, 3.05) is 40.0 Å². The molecule has 0 aromatic heterocycles. The smallest absolute Gasteiger partial charge is 0.0613 e. The molecule has 4 nitrogen and oxygen atoms in total. The normalized spacial score (nSPS) is 31.3. The summed E-state index contributed by atoms with van der Waals surface area (Å²) in [5.74, 6) is 1.33. The summed E-state index contributed by atoms with van der Waals surface area (Å²) < 4.78 is 5.66. The molecule has 2 atom stereocenters. The lowest BCUT2D eigenvalue weighted by atomic mass is 9.86. The Balaban J connectivity index is 1.55. The minimum atomic E-state index is -0.316. The number of hydrogen-bond acceptors (Lipinski definition) is 4. The third-order valence-corrected chi connectivity index (χ3v) is 4.83. The van der Waals surface area contributed by atoms with Crippen molar-refractivity contribution in [2.24, 2.45) is 17.6 Å². The van der Waals surface area contributed by atoms with E-state index < -0.39 is 0 Å². The quantitative estimate of drug-likeness (QED) is 0.619. The van der Waals surface area contributed by atoms with Gasteiger partial charge in [0.1, 0.15) is 0 Å². The Morgan fingerprint density at radius 2 is 2.11 bits per heavy atom. The Labute approximate surface area is 117 Å². The van der Waals surface area contributed by atoms with Gasteiger partial charge in [-0.25, -0.2) is 0 Å². The van der Waals surface area contributed by atoms with Crippen LogP contribution in [0.3, 0.4) is 0 Å². The molecule has 19 heavy (non-hydrogen) atoms. The predicted molar refractivity (Wildman–Crippen MR) is 77.0 cm³/mol. The first-order valence-corrected chi connectivity index (χ1v) is 7.80. The summed E-state index contributed by atoms with van der Waals surface area (Å²) in [5, 5.41) is 9.43. The highest BCUT2D eigenvalue weighted by Crippen LogP contribution is 2.35. The number of hydrogen-bond donors (Lipinski definition) is 2. The van der Waals surface area contributed by atoms with E-state index in [-0.39, 0.29) is 12.1 Å². The molecule has 2 rings (SSSR count). The van der Waals surface area contributed by atoms with E-state index in [4.69, 9.17) is 10.5 Å². The number of likely N-dealkylation sites (N-methyl/N-ethyl adjacent to an activating group) is 1. The number of rotatable bonds is 9. The Hall–Kier alpha value is -0.160. The molecule has 4 heteroatoms. The van der Waals surface area contributed by atoms with Crippen LogP contribution in [0, 0.1) is 11.8 Å². The topological polar surface area (TPSA) is 58.7 Å². The van der Waals surface area contributed by atoms with Crippen LogP contribution in [0.5, 0.6) is 0 Å². The zero-order valence-corrected chi connectivity index (χ0v) is 12.3. The molecule has 2 fully saturated rings. The number of ether oxygens (including phenoxy) is 1. The molecule has 0 spiro atoms. The molecule has 112 valence electrons. The van der Waals surface area contributed by atoms with Crippen molar-refractivity contribution >= 4 is 0 Å². The molecule has 3 N–H and O–H groups in total. The van der Waals surface area contributed by atoms with E-state index >= 15 is 0 Å². The fourth-order valence-corrected chi connectivity index (χ4v) is 3.05. The van der Waals surface area contributed by atoms with Gasteiger partial charge in [0.25, 0.3) is 0 Å². The lowest BCUT2D eigenvalue weighted by Gasteiger charge is -2.30. The van der Waals surface area contributed by atoms with Crippen molar-refractivity contribution in [1.82, 2.24) is 4.90 Å². The Bertz CT molecular complexity index is 271. The zero-order chi connectivity index (χ0) is 13.7. The van der Waals surface area contributed by atoms with Gasteiger partial charge in [-0.05, 0) is 57.5 Å². The van der Waals surface area contributed by atoms with Crippen LogP contribution in [0.25, 0.3) is 0 Å². The fraction of sp³-hybridized carbons (Fsp3) is 1.00. The van der Waals surface area contributed by atoms with Gasteiger partial charge < -0.3 is 20.5 Å². The second-order valence-electron chi connectivity index (χ2n) is 6.59. The zero-order valence-electron chi connectivity index (χ0n) is 12.3. The van der Waals surface area contributed by atoms with E-state index in [1.54, 1.807) is 0 Å². The highest BCUT2D eigenvalue weighted by molar-refractivity contribution is 4.96. The van der Waals surface area contributed by atoms with E-state index in [1.807, 2.05) is 0 Å².